The molecule has 0 aromatic carbocycles. The van der Waals surface area contributed by atoms with Crippen LogP contribution < -0.4 is 5.32 Å². The van der Waals surface area contributed by atoms with Gasteiger partial charge < -0.3 is 10.1 Å². The van der Waals surface area contributed by atoms with Gasteiger partial charge in [-0.15, -0.1) is 0 Å². The lowest BCUT2D eigenvalue weighted by Crippen LogP contribution is -2.44. The third-order valence-electron chi connectivity index (χ3n) is 3.29. The Labute approximate surface area is 102 Å². The van der Waals surface area contributed by atoms with Gasteiger partial charge in [-0.3, -0.25) is 5.10 Å². The lowest BCUT2D eigenvalue weighted by atomic mass is 9.94. The molecule has 1 atom stereocenters. The molecule has 17 heavy (non-hydrogen) atoms. The first kappa shape index (κ1) is 12.5. The van der Waals surface area contributed by atoms with E-state index >= 15 is 0 Å². The molecule has 0 amide bonds. The van der Waals surface area contributed by atoms with Gasteiger partial charge in [0.2, 0.25) is 0 Å². The van der Waals surface area contributed by atoms with Crippen LogP contribution in [0.2, 0.25) is 0 Å². The van der Waals surface area contributed by atoms with Gasteiger partial charge in [0, 0.05) is 19.0 Å². The maximum atomic E-state index is 6.04. The highest BCUT2D eigenvalue weighted by Crippen LogP contribution is 2.37. The lowest BCUT2D eigenvalue weighted by molar-refractivity contribution is -0.0697. The smallest absolute Gasteiger partial charge is 0.137 e. The Kier molecular flexibility index (Phi) is 3.23. The summed E-state index contributed by atoms with van der Waals surface area (Å²) in [5.74, 6) is 0.925. The monoisotopic (exact) mass is 238 g/mol. The average molecular weight is 238 g/mol. The van der Waals surface area contributed by atoms with E-state index in [-0.39, 0.29) is 11.2 Å². The normalized spacial score (nSPS) is 26.2. The van der Waals surface area contributed by atoms with Crippen molar-refractivity contribution in [2.24, 2.45) is 0 Å². The molecular formula is C12H22N4O. The molecule has 5 nitrogen and oxygen atoms in total. The fourth-order valence-corrected chi connectivity index (χ4v) is 2.60. The van der Waals surface area contributed by atoms with E-state index in [0.29, 0.717) is 6.04 Å². The number of hydrogen-bond donors (Lipinski definition) is 2. The maximum Gasteiger partial charge on any atom is 0.137 e. The van der Waals surface area contributed by atoms with Gasteiger partial charge in [-0.2, -0.15) is 5.10 Å². The Hall–Kier alpha value is -0.940. The molecule has 1 fully saturated rings. The Morgan fingerprint density at radius 1 is 1.47 bits per heavy atom. The van der Waals surface area contributed by atoms with E-state index in [9.17, 15) is 0 Å². The summed E-state index contributed by atoms with van der Waals surface area (Å²) in [5.41, 5.74) is -0.141. The van der Waals surface area contributed by atoms with E-state index < -0.39 is 0 Å². The van der Waals surface area contributed by atoms with Crippen molar-refractivity contribution in [3.05, 3.63) is 12.2 Å². The van der Waals surface area contributed by atoms with Crippen LogP contribution in [-0.2, 0) is 11.2 Å². The number of hydrogen-bond acceptors (Lipinski definition) is 4. The van der Waals surface area contributed by atoms with Crippen LogP contribution in [0.25, 0.3) is 0 Å². The lowest BCUT2D eigenvalue weighted by Gasteiger charge is -2.27. The zero-order chi connectivity index (χ0) is 12.5. The number of nitrogens with zero attached hydrogens (tertiary/aromatic N) is 2. The molecule has 5 heteroatoms. The summed E-state index contributed by atoms with van der Waals surface area (Å²) < 4.78 is 6.04. The van der Waals surface area contributed by atoms with E-state index in [1.54, 1.807) is 6.33 Å². The molecule has 0 bridgehead atoms. The van der Waals surface area contributed by atoms with Gasteiger partial charge in [-0.25, -0.2) is 4.98 Å². The minimum absolute atomic E-state index is 0.0343. The molecule has 96 valence electrons. The second kappa shape index (κ2) is 4.38. The summed E-state index contributed by atoms with van der Waals surface area (Å²) in [5, 5.41) is 10.3. The maximum absolute atomic E-state index is 6.04. The van der Waals surface area contributed by atoms with Crippen LogP contribution in [0, 0.1) is 0 Å². The van der Waals surface area contributed by atoms with E-state index in [0.717, 1.165) is 25.2 Å². The van der Waals surface area contributed by atoms with E-state index in [1.807, 2.05) is 0 Å². The van der Waals surface area contributed by atoms with Crippen molar-refractivity contribution in [2.45, 2.75) is 57.8 Å². The Morgan fingerprint density at radius 3 is 2.76 bits per heavy atom. The van der Waals surface area contributed by atoms with Crippen LogP contribution in [0.5, 0.6) is 0 Å². The van der Waals surface area contributed by atoms with Crippen molar-refractivity contribution in [1.82, 2.24) is 20.5 Å². The molecular weight excluding hydrogens is 216 g/mol. The van der Waals surface area contributed by atoms with Crippen LogP contribution in [-0.4, -0.2) is 39.0 Å². The van der Waals surface area contributed by atoms with Crippen LogP contribution in [0.1, 0.15) is 39.9 Å². The van der Waals surface area contributed by atoms with Gasteiger partial charge in [0.05, 0.1) is 11.2 Å². The predicted molar refractivity (Wildman–Crippen MR) is 65.7 cm³/mol. The summed E-state index contributed by atoms with van der Waals surface area (Å²) in [6.45, 7) is 9.48. The van der Waals surface area contributed by atoms with Gasteiger partial charge >= 0.3 is 0 Å². The minimum Gasteiger partial charge on any atom is -0.368 e. The van der Waals surface area contributed by atoms with Crippen LogP contribution in [0.15, 0.2) is 6.33 Å². The first-order chi connectivity index (χ1) is 7.89. The molecule has 0 saturated carbocycles. The van der Waals surface area contributed by atoms with Crippen LogP contribution in [0.3, 0.4) is 0 Å². The zero-order valence-electron chi connectivity index (χ0n) is 11.1. The van der Waals surface area contributed by atoms with E-state index in [2.05, 4.69) is 48.2 Å². The zero-order valence-corrected chi connectivity index (χ0v) is 11.1. The van der Waals surface area contributed by atoms with Gasteiger partial charge in [0.1, 0.15) is 12.2 Å². The highest BCUT2D eigenvalue weighted by Gasteiger charge is 2.45. The Bertz CT molecular complexity index is 359. The largest absolute Gasteiger partial charge is 0.368 e. The molecule has 0 spiro atoms. The van der Waals surface area contributed by atoms with Crippen molar-refractivity contribution >= 4 is 0 Å². The quantitative estimate of drug-likeness (QED) is 0.829. The number of ether oxygens (including phenoxy) is 1. The summed E-state index contributed by atoms with van der Waals surface area (Å²) in [6.07, 6.45) is 3.45. The molecule has 2 rings (SSSR count). The standard InChI is InChI=1S/C12H22N4O/c1-11(2)7-9(12(3,4)17-11)13-6-5-10-14-8-15-16-10/h8-9,13H,5-7H2,1-4H3,(H,14,15,16)/t9-/m1/s1. The fourth-order valence-electron chi connectivity index (χ4n) is 2.60. The molecule has 2 heterocycles. The van der Waals surface area contributed by atoms with Crippen molar-refractivity contribution in [2.75, 3.05) is 6.54 Å². The summed E-state index contributed by atoms with van der Waals surface area (Å²) in [6, 6.07) is 0.389. The number of nitrogens with one attached hydrogen (secondary N) is 2. The number of aromatic amines is 1. The van der Waals surface area contributed by atoms with Gasteiger partial charge in [-0.1, -0.05) is 0 Å². The van der Waals surface area contributed by atoms with Gasteiger partial charge in [-0.05, 0) is 34.1 Å². The number of H-pyrrole nitrogens is 1. The molecule has 1 saturated heterocycles. The molecule has 1 aromatic rings. The summed E-state index contributed by atoms with van der Waals surface area (Å²) in [7, 11) is 0. The van der Waals surface area contributed by atoms with Crippen LogP contribution in [0.4, 0.5) is 0 Å². The molecule has 1 aromatic heterocycles. The van der Waals surface area contributed by atoms with E-state index in [1.165, 1.54) is 0 Å². The molecule has 0 radical (unpaired) electrons. The van der Waals surface area contributed by atoms with Crippen molar-refractivity contribution in [1.29, 1.82) is 0 Å². The molecule has 0 aliphatic carbocycles. The van der Waals surface area contributed by atoms with Crippen LogP contribution >= 0.6 is 0 Å². The van der Waals surface area contributed by atoms with Crippen molar-refractivity contribution in [3.63, 3.8) is 0 Å². The molecule has 0 unspecified atom stereocenters. The summed E-state index contributed by atoms with van der Waals surface area (Å²) >= 11 is 0. The first-order valence-corrected chi connectivity index (χ1v) is 6.17. The number of rotatable bonds is 4. The van der Waals surface area contributed by atoms with Gasteiger partial charge in [0.25, 0.3) is 0 Å². The average Bonchev–Trinajstić information content (AvgIpc) is 2.72. The third-order valence-corrected chi connectivity index (χ3v) is 3.29. The molecule has 2 N–H and O–H groups in total. The van der Waals surface area contributed by atoms with E-state index in [4.69, 9.17) is 4.74 Å². The fraction of sp³-hybridized carbons (Fsp3) is 0.833. The van der Waals surface area contributed by atoms with Crippen molar-refractivity contribution < 1.29 is 4.74 Å². The highest BCUT2D eigenvalue weighted by atomic mass is 16.5. The van der Waals surface area contributed by atoms with Crippen molar-refractivity contribution in [3.8, 4) is 0 Å². The second-order valence-electron chi connectivity index (χ2n) is 5.86. The Morgan fingerprint density at radius 2 is 2.24 bits per heavy atom. The van der Waals surface area contributed by atoms with Gasteiger partial charge in [0.15, 0.2) is 0 Å². The third kappa shape index (κ3) is 3.04. The SMILES string of the molecule is CC1(C)C[C@@H](NCCc2ncn[nH]2)C(C)(C)O1. The Balaban J connectivity index is 1.83. The molecule has 1 aliphatic heterocycles. The predicted octanol–water partition coefficient (Wildman–Crippen LogP) is 1.28. The number of aromatic nitrogens is 3. The first-order valence-electron chi connectivity index (χ1n) is 6.17. The molecule has 1 aliphatic rings. The minimum atomic E-state index is -0.106. The topological polar surface area (TPSA) is 62.8 Å². The highest BCUT2D eigenvalue weighted by molar-refractivity contribution is 4.99. The summed E-state index contributed by atoms with van der Waals surface area (Å²) in [4.78, 5) is 4.11. The second-order valence-corrected chi connectivity index (χ2v) is 5.86.